The fraction of sp³-hybridized carbons (Fsp3) is 0.167. The van der Waals surface area contributed by atoms with Gasteiger partial charge >= 0.3 is 0 Å². The van der Waals surface area contributed by atoms with Crippen LogP contribution in [-0.4, -0.2) is 16.5 Å². The smallest absolute Gasteiger partial charge is 0.161 e. The van der Waals surface area contributed by atoms with Gasteiger partial charge in [0, 0.05) is 18.3 Å². The minimum atomic E-state index is -0.295. The number of nitrogens with zero attached hydrogens (tertiary/aromatic N) is 2. The standard InChI is InChI=1S/C12H10BrFIN3/c1-2-16-12-10(15)6-17-11(18-12)7-3-4-9(14)8(13)5-7/h3-6H,2H2,1H3,(H,16,17,18). The summed E-state index contributed by atoms with van der Waals surface area (Å²) in [6.45, 7) is 2.80. The lowest BCUT2D eigenvalue weighted by molar-refractivity contribution is 0.621. The number of hydrogen-bond acceptors (Lipinski definition) is 3. The van der Waals surface area contributed by atoms with Gasteiger partial charge in [0.25, 0.3) is 0 Å². The molecule has 3 nitrogen and oxygen atoms in total. The minimum absolute atomic E-state index is 0.295. The fourth-order valence-corrected chi connectivity index (χ4v) is 2.26. The molecule has 0 atom stereocenters. The zero-order chi connectivity index (χ0) is 13.1. The third-order valence-corrected chi connectivity index (χ3v) is 3.66. The maximum atomic E-state index is 13.2. The predicted octanol–water partition coefficient (Wildman–Crippen LogP) is 4.08. The number of rotatable bonds is 3. The van der Waals surface area contributed by atoms with Crippen LogP contribution in [0.3, 0.4) is 0 Å². The lowest BCUT2D eigenvalue weighted by Gasteiger charge is -2.07. The van der Waals surface area contributed by atoms with Crippen molar-refractivity contribution >= 4 is 44.3 Å². The van der Waals surface area contributed by atoms with E-state index < -0.39 is 0 Å². The molecule has 0 aliphatic carbocycles. The molecule has 0 bridgehead atoms. The summed E-state index contributed by atoms with van der Waals surface area (Å²) >= 11 is 5.33. The Morgan fingerprint density at radius 2 is 2.22 bits per heavy atom. The van der Waals surface area contributed by atoms with Crippen LogP contribution >= 0.6 is 38.5 Å². The summed E-state index contributed by atoms with van der Waals surface area (Å²) in [6.07, 6.45) is 1.75. The Hall–Kier alpha value is -0.760. The molecule has 1 aromatic heterocycles. The molecule has 2 rings (SSSR count). The molecule has 0 saturated heterocycles. The zero-order valence-corrected chi connectivity index (χ0v) is 13.3. The first-order valence-corrected chi connectivity index (χ1v) is 7.21. The van der Waals surface area contributed by atoms with E-state index in [1.165, 1.54) is 6.07 Å². The summed E-state index contributed by atoms with van der Waals surface area (Å²) in [6, 6.07) is 4.74. The van der Waals surface area contributed by atoms with Gasteiger partial charge in [0.15, 0.2) is 5.82 Å². The fourth-order valence-electron chi connectivity index (χ4n) is 1.43. The van der Waals surface area contributed by atoms with Crippen LogP contribution in [0.4, 0.5) is 10.2 Å². The van der Waals surface area contributed by atoms with E-state index in [-0.39, 0.29) is 5.82 Å². The van der Waals surface area contributed by atoms with Crippen LogP contribution in [0.15, 0.2) is 28.9 Å². The molecule has 0 fully saturated rings. The average molecular weight is 422 g/mol. The number of nitrogens with one attached hydrogen (secondary N) is 1. The molecule has 1 heterocycles. The molecule has 1 N–H and O–H groups in total. The summed E-state index contributed by atoms with van der Waals surface area (Å²) in [4.78, 5) is 8.69. The number of halogens is 3. The Morgan fingerprint density at radius 3 is 2.89 bits per heavy atom. The predicted molar refractivity (Wildman–Crippen MR) is 82.0 cm³/mol. The van der Waals surface area contributed by atoms with Crippen LogP contribution in [0.1, 0.15) is 6.92 Å². The largest absolute Gasteiger partial charge is 0.369 e. The van der Waals surface area contributed by atoms with E-state index in [2.05, 4.69) is 53.8 Å². The Morgan fingerprint density at radius 1 is 1.44 bits per heavy atom. The van der Waals surface area contributed by atoms with Gasteiger partial charge in [-0.2, -0.15) is 0 Å². The van der Waals surface area contributed by atoms with Crippen LogP contribution in [0.25, 0.3) is 11.4 Å². The molecule has 0 amide bonds. The average Bonchev–Trinajstić information content (AvgIpc) is 2.36. The van der Waals surface area contributed by atoms with Crippen molar-refractivity contribution in [3.05, 3.63) is 38.3 Å². The molecular weight excluding hydrogens is 412 g/mol. The van der Waals surface area contributed by atoms with E-state index in [0.717, 1.165) is 21.5 Å². The first-order chi connectivity index (χ1) is 8.61. The molecule has 18 heavy (non-hydrogen) atoms. The number of anilines is 1. The quantitative estimate of drug-likeness (QED) is 0.758. The molecule has 0 saturated carbocycles. The number of hydrogen-bond donors (Lipinski definition) is 1. The van der Waals surface area contributed by atoms with Crippen molar-refractivity contribution in [1.29, 1.82) is 0 Å². The lowest BCUT2D eigenvalue weighted by atomic mass is 10.2. The highest BCUT2D eigenvalue weighted by molar-refractivity contribution is 14.1. The maximum Gasteiger partial charge on any atom is 0.161 e. The lowest BCUT2D eigenvalue weighted by Crippen LogP contribution is -2.03. The highest BCUT2D eigenvalue weighted by Gasteiger charge is 2.08. The van der Waals surface area contributed by atoms with Gasteiger partial charge in [-0.05, 0) is 63.6 Å². The van der Waals surface area contributed by atoms with Crippen molar-refractivity contribution in [1.82, 2.24) is 9.97 Å². The molecule has 6 heteroatoms. The van der Waals surface area contributed by atoms with Gasteiger partial charge in [0.2, 0.25) is 0 Å². The summed E-state index contributed by atoms with van der Waals surface area (Å²) in [5, 5.41) is 3.17. The van der Waals surface area contributed by atoms with Crippen molar-refractivity contribution < 1.29 is 4.39 Å². The first-order valence-electron chi connectivity index (χ1n) is 5.33. The molecule has 0 unspecified atom stereocenters. The number of aromatic nitrogens is 2. The maximum absolute atomic E-state index is 13.2. The monoisotopic (exact) mass is 421 g/mol. The van der Waals surface area contributed by atoms with Crippen LogP contribution in [0, 0.1) is 9.39 Å². The second-order valence-corrected chi connectivity index (χ2v) is 5.57. The minimum Gasteiger partial charge on any atom is -0.369 e. The molecule has 0 aliphatic heterocycles. The molecule has 0 aliphatic rings. The molecule has 0 radical (unpaired) electrons. The third kappa shape index (κ3) is 2.97. The topological polar surface area (TPSA) is 37.8 Å². The van der Waals surface area contributed by atoms with Crippen molar-refractivity contribution in [2.75, 3.05) is 11.9 Å². The Kier molecular flexibility index (Phi) is 4.50. The Bertz CT molecular complexity index is 577. The van der Waals surface area contributed by atoms with Crippen molar-refractivity contribution in [3.8, 4) is 11.4 Å². The SMILES string of the molecule is CCNc1nc(-c2ccc(F)c(Br)c2)ncc1I. The third-order valence-electron chi connectivity index (χ3n) is 2.27. The van der Waals surface area contributed by atoms with E-state index in [1.54, 1.807) is 18.3 Å². The van der Waals surface area contributed by atoms with Crippen molar-refractivity contribution in [2.24, 2.45) is 0 Å². The van der Waals surface area contributed by atoms with E-state index in [4.69, 9.17) is 0 Å². The van der Waals surface area contributed by atoms with Gasteiger partial charge in [0.05, 0.1) is 8.04 Å². The molecule has 1 aromatic carbocycles. The van der Waals surface area contributed by atoms with E-state index in [0.29, 0.717) is 10.3 Å². The second-order valence-electron chi connectivity index (χ2n) is 3.55. The first kappa shape index (κ1) is 13.7. The van der Waals surface area contributed by atoms with Crippen molar-refractivity contribution in [3.63, 3.8) is 0 Å². The molecular formula is C12H10BrFIN3. The normalized spacial score (nSPS) is 10.4. The van der Waals surface area contributed by atoms with E-state index >= 15 is 0 Å². The van der Waals surface area contributed by atoms with Crippen LogP contribution in [0.5, 0.6) is 0 Å². The van der Waals surface area contributed by atoms with Gasteiger partial charge in [-0.25, -0.2) is 14.4 Å². The Balaban J connectivity index is 2.44. The molecule has 94 valence electrons. The summed E-state index contributed by atoms with van der Waals surface area (Å²) in [5.74, 6) is 1.08. The van der Waals surface area contributed by atoms with Crippen LogP contribution < -0.4 is 5.32 Å². The van der Waals surface area contributed by atoms with E-state index in [9.17, 15) is 4.39 Å². The zero-order valence-electron chi connectivity index (χ0n) is 9.54. The van der Waals surface area contributed by atoms with Crippen LogP contribution in [0.2, 0.25) is 0 Å². The molecule has 0 spiro atoms. The van der Waals surface area contributed by atoms with E-state index in [1.807, 2.05) is 6.92 Å². The van der Waals surface area contributed by atoms with Crippen LogP contribution in [-0.2, 0) is 0 Å². The highest BCUT2D eigenvalue weighted by Crippen LogP contribution is 2.24. The summed E-state index contributed by atoms with van der Waals surface area (Å²) in [7, 11) is 0. The van der Waals surface area contributed by atoms with Gasteiger partial charge in [-0.15, -0.1) is 0 Å². The van der Waals surface area contributed by atoms with Gasteiger partial charge < -0.3 is 5.32 Å². The number of benzene rings is 1. The van der Waals surface area contributed by atoms with Gasteiger partial charge in [-0.1, -0.05) is 0 Å². The summed E-state index contributed by atoms with van der Waals surface area (Å²) in [5.41, 5.74) is 0.777. The van der Waals surface area contributed by atoms with Crippen molar-refractivity contribution in [2.45, 2.75) is 6.92 Å². The highest BCUT2D eigenvalue weighted by atomic mass is 127. The van der Waals surface area contributed by atoms with Gasteiger partial charge in [-0.3, -0.25) is 0 Å². The van der Waals surface area contributed by atoms with Gasteiger partial charge in [0.1, 0.15) is 11.6 Å². The molecule has 2 aromatic rings. The Labute approximate surface area is 127 Å². The second kappa shape index (κ2) is 5.92. The summed E-state index contributed by atoms with van der Waals surface area (Å²) < 4.78 is 14.5.